The minimum absolute atomic E-state index is 0.0121. The molecule has 1 aromatic carbocycles. The van der Waals surface area contributed by atoms with Crippen LogP contribution in [0.1, 0.15) is 30.0 Å². The average molecular weight is 459 g/mol. The summed E-state index contributed by atoms with van der Waals surface area (Å²) in [6.07, 6.45) is -5.83. The van der Waals surface area contributed by atoms with Gasteiger partial charge in [0, 0.05) is 23.2 Å². The van der Waals surface area contributed by atoms with Crippen molar-refractivity contribution in [1.29, 1.82) is 0 Å². The molecule has 3 rings (SSSR count). The zero-order valence-electron chi connectivity index (χ0n) is 17.1. The Kier molecular flexibility index (Phi) is 7.95. The fourth-order valence-electron chi connectivity index (χ4n) is 3.10. The predicted octanol–water partition coefficient (Wildman–Crippen LogP) is 3.67. The van der Waals surface area contributed by atoms with Crippen LogP contribution in [0.4, 0.5) is 13.2 Å². The van der Waals surface area contributed by atoms with Gasteiger partial charge in [-0.3, -0.25) is 4.98 Å². The summed E-state index contributed by atoms with van der Waals surface area (Å²) in [5, 5.41) is 10.3. The van der Waals surface area contributed by atoms with E-state index in [2.05, 4.69) is 4.98 Å². The van der Waals surface area contributed by atoms with E-state index in [1.54, 1.807) is 0 Å². The second-order valence-electron chi connectivity index (χ2n) is 7.22. The lowest BCUT2D eigenvalue weighted by molar-refractivity contribution is -0.266. The van der Waals surface area contributed by atoms with Gasteiger partial charge in [-0.2, -0.15) is 13.2 Å². The number of pyridine rings is 1. The lowest BCUT2D eigenvalue weighted by atomic mass is 10.1. The van der Waals surface area contributed by atoms with Crippen LogP contribution in [-0.2, 0) is 20.4 Å². The van der Waals surface area contributed by atoms with E-state index < -0.39 is 35.8 Å². The van der Waals surface area contributed by atoms with Crippen LogP contribution in [-0.4, -0.2) is 47.0 Å². The first kappa shape index (κ1) is 24.0. The molecule has 2 aromatic rings. The number of alkyl halides is 3. The van der Waals surface area contributed by atoms with E-state index in [0.717, 1.165) is 23.5 Å². The molecule has 31 heavy (non-hydrogen) atoms. The normalized spacial score (nSPS) is 24.0. The highest BCUT2D eigenvalue weighted by molar-refractivity contribution is 7.99. The Balaban J connectivity index is 1.67. The third-order valence-corrected chi connectivity index (χ3v) is 5.94. The molecule has 5 atom stereocenters. The van der Waals surface area contributed by atoms with Crippen LogP contribution < -0.4 is 5.73 Å². The SMILES string of the molecule is Cc1cc(SC(OC2COC(c3ccccc3)OC2C)[C@@H](O)CN)cnc1C(F)(F)F. The van der Waals surface area contributed by atoms with Crippen molar-refractivity contribution in [1.82, 2.24) is 4.98 Å². The zero-order valence-corrected chi connectivity index (χ0v) is 17.9. The van der Waals surface area contributed by atoms with E-state index in [4.69, 9.17) is 19.9 Å². The van der Waals surface area contributed by atoms with E-state index in [9.17, 15) is 18.3 Å². The molecule has 170 valence electrons. The van der Waals surface area contributed by atoms with Gasteiger partial charge in [0.15, 0.2) is 6.29 Å². The van der Waals surface area contributed by atoms with Crippen LogP contribution in [0, 0.1) is 6.92 Å². The van der Waals surface area contributed by atoms with Crippen LogP contribution in [0.15, 0.2) is 47.5 Å². The lowest BCUT2D eigenvalue weighted by Crippen LogP contribution is -2.45. The molecule has 0 saturated carbocycles. The average Bonchev–Trinajstić information content (AvgIpc) is 2.73. The number of aryl methyl sites for hydroxylation is 1. The van der Waals surface area contributed by atoms with Gasteiger partial charge < -0.3 is 25.1 Å². The highest BCUT2D eigenvalue weighted by Crippen LogP contribution is 2.35. The standard InChI is InChI=1S/C21H25F3N2O4S/c1-12-8-15(10-26-18(12)21(22,23)24)31-20(16(27)9-25)30-17-11-28-19(29-13(17)2)14-6-4-3-5-7-14/h3-8,10,13,16-17,19-20,27H,9,11,25H2,1-2H3/t13?,16-,17?,19?,20?/m0/s1. The number of nitrogens with zero attached hydrogens (tertiary/aromatic N) is 1. The minimum Gasteiger partial charge on any atom is -0.388 e. The highest BCUT2D eigenvalue weighted by Gasteiger charge is 2.36. The number of hydrogen-bond donors (Lipinski definition) is 2. The number of aromatic nitrogens is 1. The summed E-state index contributed by atoms with van der Waals surface area (Å²) in [5.41, 5.74) is 4.70. The van der Waals surface area contributed by atoms with Gasteiger partial charge in [0.05, 0.1) is 12.7 Å². The van der Waals surface area contributed by atoms with Crippen molar-refractivity contribution in [3.05, 3.63) is 59.4 Å². The molecular weight excluding hydrogens is 433 g/mol. The number of ether oxygens (including phenoxy) is 3. The summed E-state index contributed by atoms with van der Waals surface area (Å²) >= 11 is 1.05. The monoisotopic (exact) mass is 458 g/mol. The first-order valence-electron chi connectivity index (χ1n) is 9.75. The molecule has 0 radical (unpaired) electrons. The Morgan fingerprint density at radius 3 is 2.61 bits per heavy atom. The Hall–Kier alpha value is -1.69. The lowest BCUT2D eigenvalue weighted by Gasteiger charge is -2.37. The van der Waals surface area contributed by atoms with Crippen molar-refractivity contribution >= 4 is 11.8 Å². The van der Waals surface area contributed by atoms with Crippen molar-refractivity contribution in [2.24, 2.45) is 5.73 Å². The molecule has 0 bridgehead atoms. The van der Waals surface area contributed by atoms with Crippen LogP contribution in [0.2, 0.25) is 0 Å². The molecule has 3 N–H and O–H groups in total. The Morgan fingerprint density at radius 2 is 2.03 bits per heavy atom. The van der Waals surface area contributed by atoms with Crippen LogP contribution in [0.3, 0.4) is 0 Å². The Morgan fingerprint density at radius 1 is 1.32 bits per heavy atom. The third kappa shape index (κ3) is 6.18. The van der Waals surface area contributed by atoms with Gasteiger partial charge in [0.2, 0.25) is 0 Å². The maximum absolute atomic E-state index is 13.0. The summed E-state index contributed by atoms with van der Waals surface area (Å²) in [6, 6.07) is 10.8. The molecular formula is C21H25F3N2O4S. The van der Waals surface area contributed by atoms with Crippen molar-refractivity contribution in [2.45, 2.75) is 55.0 Å². The molecule has 6 nitrogen and oxygen atoms in total. The summed E-state index contributed by atoms with van der Waals surface area (Å²) in [6.45, 7) is 3.31. The molecule has 0 amide bonds. The van der Waals surface area contributed by atoms with Crippen LogP contribution in [0.25, 0.3) is 0 Å². The summed E-state index contributed by atoms with van der Waals surface area (Å²) in [4.78, 5) is 3.96. The van der Waals surface area contributed by atoms with E-state index in [0.29, 0.717) is 4.90 Å². The molecule has 0 aliphatic carbocycles. The molecule has 1 aliphatic rings. The van der Waals surface area contributed by atoms with Gasteiger partial charge in [-0.05, 0) is 25.5 Å². The minimum atomic E-state index is -4.53. The van der Waals surface area contributed by atoms with Gasteiger partial charge in [-0.25, -0.2) is 0 Å². The number of benzene rings is 1. The van der Waals surface area contributed by atoms with Crippen molar-refractivity contribution in [2.75, 3.05) is 13.2 Å². The number of rotatable bonds is 7. The molecule has 2 heterocycles. The number of halogens is 3. The van der Waals surface area contributed by atoms with E-state index in [1.807, 2.05) is 37.3 Å². The van der Waals surface area contributed by atoms with Crippen molar-refractivity contribution in [3.8, 4) is 0 Å². The van der Waals surface area contributed by atoms with Gasteiger partial charge in [0.1, 0.15) is 23.3 Å². The molecule has 1 saturated heterocycles. The summed E-state index contributed by atoms with van der Waals surface area (Å²) in [7, 11) is 0. The van der Waals surface area contributed by atoms with Gasteiger partial charge in [-0.1, -0.05) is 42.1 Å². The van der Waals surface area contributed by atoms with Gasteiger partial charge >= 0.3 is 6.18 Å². The van der Waals surface area contributed by atoms with Gasteiger partial charge in [0.25, 0.3) is 0 Å². The molecule has 10 heteroatoms. The molecule has 4 unspecified atom stereocenters. The second kappa shape index (κ2) is 10.3. The first-order chi connectivity index (χ1) is 14.7. The number of hydrogen-bond acceptors (Lipinski definition) is 7. The van der Waals surface area contributed by atoms with E-state index in [-0.39, 0.29) is 24.8 Å². The first-order valence-corrected chi connectivity index (χ1v) is 10.6. The number of aliphatic hydroxyl groups excluding tert-OH is 1. The third-order valence-electron chi connectivity index (χ3n) is 4.78. The smallest absolute Gasteiger partial charge is 0.388 e. The maximum Gasteiger partial charge on any atom is 0.433 e. The zero-order chi connectivity index (χ0) is 22.6. The second-order valence-corrected chi connectivity index (χ2v) is 8.39. The highest BCUT2D eigenvalue weighted by atomic mass is 32.2. The molecule has 1 aromatic heterocycles. The fourth-order valence-corrected chi connectivity index (χ4v) is 4.19. The maximum atomic E-state index is 13.0. The van der Waals surface area contributed by atoms with E-state index in [1.165, 1.54) is 13.0 Å². The van der Waals surface area contributed by atoms with Crippen LogP contribution >= 0.6 is 11.8 Å². The predicted molar refractivity (Wildman–Crippen MR) is 109 cm³/mol. The Bertz CT molecular complexity index is 856. The van der Waals surface area contributed by atoms with Crippen LogP contribution in [0.5, 0.6) is 0 Å². The largest absolute Gasteiger partial charge is 0.433 e. The molecule has 0 spiro atoms. The van der Waals surface area contributed by atoms with Gasteiger partial charge in [-0.15, -0.1) is 0 Å². The fraction of sp³-hybridized carbons (Fsp3) is 0.476. The molecule has 1 aliphatic heterocycles. The van der Waals surface area contributed by atoms with E-state index >= 15 is 0 Å². The quantitative estimate of drug-likeness (QED) is 0.484. The number of aliphatic hydroxyl groups is 1. The van der Waals surface area contributed by atoms with Crippen molar-refractivity contribution in [3.63, 3.8) is 0 Å². The topological polar surface area (TPSA) is 86.8 Å². The Labute approximate surface area is 182 Å². The summed E-state index contributed by atoms with van der Waals surface area (Å²) in [5.74, 6) is 0. The van der Waals surface area contributed by atoms with Crippen molar-refractivity contribution < 1.29 is 32.5 Å². The summed E-state index contributed by atoms with van der Waals surface area (Å²) < 4.78 is 56.6. The number of thioether (sulfide) groups is 1. The molecule has 1 fully saturated rings. The number of nitrogens with two attached hydrogens (primary N) is 1.